The summed E-state index contributed by atoms with van der Waals surface area (Å²) in [5.41, 5.74) is 3.84. The SMILES string of the molecule is CN1CCN(c2cc(N(C)C)c3c(c2O)C(O)=C2C(=O)[C@]4(O)C(O)=C(C(N)=O)C(=O)C[C@@H]4C[C@@H]2C3)CC1. The lowest BCUT2D eigenvalue weighted by Gasteiger charge is -2.46. The number of phenolic OH excluding ortho intramolecular Hbond substituents is 1. The van der Waals surface area contributed by atoms with E-state index < -0.39 is 52.0 Å². The first-order chi connectivity index (χ1) is 17.4. The third-order valence-electron chi connectivity index (χ3n) is 8.35. The van der Waals surface area contributed by atoms with Crippen LogP contribution >= 0.6 is 0 Å². The van der Waals surface area contributed by atoms with Crippen LogP contribution in [0.4, 0.5) is 11.4 Å². The van der Waals surface area contributed by atoms with Crippen LogP contribution in [0.5, 0.6) is 5.75 Å². The number of aliphatic hydroxyl groups is 3. The molecule has 3 aliphatic carbocycles. The molecule has 11 nitrogen and oxygen atoms in total. The first kappa shape index (κ1) is 25.1. The van der Waals surface area contributed by atoms with Crippen molar-refractivity contribution in [3.05, 3.63) is 34.1 Å². The van der Waals surface area contributed by atoms with E-state index in [4.69, 9.17) is 5.73 Å². The second-order valence-corrected chi connectivity index (χ2v) is 10.7. The van der Waals surface area contributed by atoms with E-state index in [0.717, 1.165) is 18.8 Å². The largest absolute Gasteiger partial charge is 0.508 e. The second kappa shape index (κ2) is 8.49. The average Bonchev–Trinajstić information content (AvgIpc) is 2.82. The first-order valence-corrected chi connectivity index (χ1v) is 12.3. The molecule has 0 aromatic heterocycles. The van der Waals surface area contributed by atoms with Crippen molar-refractivity contribution in [3.8, 4) is 5.75 Å². The number of hydrogen-bond donors (Lipinski definition) is 5. The van der Waals surface area contributed by atoms with Crippen LogP contribution in [-0.4, -0.2) is 95.7 Å². The number of carbonyl (C=O) groups excluding carboxylic acids is 3. The molecular weight excluding hydrogens is 480 g/mol. The zero-order valence-electron chi connectivity index (χ0n) is 21.1. The van der Waals surface area contributed by atoms with Crippen molar-refractivity contribution in [3.63, 3.8) is 0 Å². The Kier molecular flexibility index (Phi) is 5.76. The molecule has 37 heavy (non-hydrogen) atoms. The zero-order chi connectivity index (χ0) is 27.0. The Labute approximate surface area is 214 Å². The first-order valence-electron chi connectivity index (χ1n) is 12.3. The quantitative estimate of drug-likeness (QED) is 0.354. The van der Waals surface area contributed by atoms with E-state index in [-0.39, 0.29) is 36.1 Å². The minimum Gasteiger partial charge on any atom is -0.508 e. The van der Waals surface area contributed by atoms with Crippen molar-refractivity contribution in [1.82, 2.24) is 4.90 Å². The molecular formula is C26H32N4O7. The summed E-state index contributed by atoms with van der Waals surface area (Å²) in [6, 6.07) is 1.89. The summed E-state index contributed by atoms with van der Waals surface area (Å²) in [5, 5.41) is 45.0. The van der Waals surface area contributed by atoms with Gasteiger partial charge in [0.05, 0.1) is 11.3 Å². The highest BCUT2D eigenvalue weighted by molar-refractivity contribution is 6.22. The highest BCUT2D eigenvalue weighted by atomic mass is 16.3. The monoisotopic (exact) mass is 512 g/mol. The fourth-order valence-corrected chi connectivity index (χ4v) is 6.34. The van der Waals surface area contributed by atoms with Gasteiger partial charge in [0, 0.05) is 63.9 Å². The topological polar surface area (TPSA) is 168 Å². The highest BCUT2D eigenvalue weighted by Crippen LogP contribution is 2.54. The summed E-state index contributed by atoms with van der Waals surface area (Å²) in [5.74, 6) is -6.20. The predicted molar refractivity (Wildman–Crippen MR) is 135 cm³/mol. The van der Waals surface area contributed by atoms with Gasteiger partial charge in [-0.25, -0.2) is 0 Å². The fourth-order valence-electron chi connectivity index (χ4n) is 6.34. The number of rotatable bonds is 3. The third-order valence-corrected chi connectivity index (χ3v) is 8.35. The molecule has 1 saturated carbocycles. The fraction of sp³-hybridized carbons (Fsp3) is 0.500. The van der Waals surface area contributed by atoms with Crippen LogP contribution in [-0.2, 0) is 20.8 Å². The molecule has 1 heterocycles. The van der Waals surface area contributed by atoms with Gasteiger partial charge in [-0.2, -0.15) is 0 Å². The zero-order valence-corrected chi connectivity index (χ0v) is 21.1. The Morgan fingerprint density at radius 2 is 1.76 bits per heavy atom. The van der Waals surface area contributed by atoms with E-state index in [0.29, 0.717) is 24.3 Å². The lowest BCUT2D eigenvalue weighted by molar-refractivity contribution is -0.147. The molecule has 6 N–H and O–H groups in total. The normalized spacial score (nSPS) is 28.2. The van der Waals surface area contributed by atoms with Crippen LogP contribution in [0.1, 0.15) is 24.0 Å². The number of primary amides is 1. The Morgan fingerprint density at radius 3 is 2.35 bits per heavy atom. The molecule has 1 aromatic rings. The van der Waals surface area contributed by atoms with Crippen molar-refractivity contribution >= 4 is 34.6 Å². The molecule has 11 heteroatoms. The maximum absolute atomic E-state index is 13.7. The van der Waals surface area contributed by atoms with Crippen molar-refractivity contribution < 1.29 is 34.8 Å². The number of likely N-dealkylation sites (N-methyl/N-ethyl adjacent to an activating group) is 1. The van der Waals surface area contributed by atoms with E-state index >= 15 is 0 Å². The Hall–Kier alpha value is -3.57. The number of ketones is 2. The van der Waals surface area contributed by atoms with E-state index in [1.165, 1.54) is 0 Å². The minimum absolute atomic E-state index is 0.108. The standard InChI is InChI=1S/C26H32N4O7/c1-28(2)15-11-16(30-6-4-29(3)5-7-30)21(32)19-14(15)9-12-8-13-10-17(31)20(25(27)36)24(35)26(13,37)23(34)18(12)22(19)33/h11-13,32-33,35,37H,4-10H2,1-3H3,(H2,27,36)/t12-,13+,26+/m1/s1. The van der Waals surface area contributed by atoms with Crippen LogP contribution in [0.25, 0.3) is 5.76 Å². The van der Waals surface area contributed by atoms with E-state index in [9.17, 15) is 34.8 Å². The van der Waals surface area contributed by atoms with Gasteiger partial charge in [-0.15, -0.1) is 0 Å². The van der Waals surface area contributed by atoms with Gasteiger partial charge in [0.25, 0.3) is 5.91 Å². The van der Waals surface area contributed by atoms with E-state index in [2.05, 4.69) is 4.90 Å². The van der Waals surface area contributed by atoms with Crippen molar-refractivity contribution in [2.75, 3.05) is 57.1 Å². The molecule has 5 rings (SSSR count). The highest BCUT2D eigenvalue weighted by Gasteiger charge is 2.60. The molecule has 198 valence electrons. The molecule has 4 aliphatic rings. The molecule has 0 spiro atoms. The molecule has 1 aliphatic heterocycles. The van der Waals surface area contributed by atoms with Crippen molar-refractivity contribution in [2.45, 2.75) is 24.9 Å². The summed E-state index contributed by atoms with van der Waals surface area (Å²) in [4.78, 5) is 44.2. The maximum Gasteiger partial charge on any atom is 0.255 e. The number of nitrogens with zero attached hydrogens (tertiary/aromatic N) is 3. The molecule has 2 fully saturated rings. The lowest BCUT2D eigenvalue weighted by atomic mass is 9.59. The molecule has 1 amide bonds. The van der Waals surface area contributed by atoms with Crippen molar-refractivity contribution in [2.24, 2.45) is 17.6 Å². The average molecular weight is 513 g/mol. The minimum atomic E-state index is -2.56. The number of benzene rings is 1. The third kappa shape index (κ3) is 3.51. The predicted octanol–water partition coefficient (Wildman–Crippen LogP) is 0.242. The number of aromatic hydroxyl groups is 1. The van der Waals surface area contributed by atoms with Crippen LogP contribution < -0.4 is 15.5 Å². The van der Waals surface area contributed by atoms with Gasteiger partial charge in [0.1, 0.15) is 22.8 Å². The molecule has 1 aromatic carbocycles. The molecule has 0 unspecified atom stereocenters. The number of fused-ring (bicyclic) bond motifs is 3. The number of carbonyl (C=O) groups is 3. The summed E-state index contributed by atoms with van der Waals surface area (Å²) >= 11 is 0. The van der Waals surface area contributed by atoms with Gasteiger partial charge in [-0.1, -0.05) is 0 Å². The smallest absolute Gasteiger partial charge is 0.255 e. The lowest BCUT2D eigenvalue weighted by Crippen LogP contribution is -2.58. The molecule has 1 saturated heterocycles. The van der Waals surface area contributed by atoms with Gasteiger partial charge >= 0.3 is 0 Å². The van der Waals surface area contributed by atoms with Gasteiger partial charge < -0.3 is 40.9 Å². The number of nitrogens with two attached hydrogens (primary N) is 1. The summed E-state index contributed by atoms with van der Waals surface area (Å²) in [7, 11) is 5.73. The van der Waals surface area contributed by atoms with Crippen LogP contribution in [0.2, 0.25) is 0 Å². The number of hydrogen-bond acceptors (Lipinski definition) is 10. The van der Waals surface area contributed by atoms with Crippen LogP contribution in [0.15, 0.2) is 23.0 Å². The Balaban J connectivity index is 1.69. The number of Topliss-reactive ketones (excluding diaryl/α,β-unsaturated/α-hetero) is 2. The molecule has 0 radical (unpaired) electrons. The van der Waals surface area contributed by atoms with E-state index in [1.54, 1.807) is 0 Å². The maximum atomic E-state index is 13.7. The van der Waals surface area contributed by atoms with Gasteiger partial charge in [-0.3, -0.25) is 14.4 Å². The van der Waals surface area contributed by atoms with Gasteiger partial charge in [0.15, 0.2) is 11.4 Å². The molecule has 3 atom stereocenters. The molecule has 0 bridgehead atoms. The summed E-state index contributed by atoms with van der Waals surface area (Å²) in [6.07, 6.45) is 0.0470. The number of phenols is 1. The van der Waals surface area contributed by atoms with E-state index in [1.807, 2.05) is 37.0 Å². The summed E-state index contributed by atoms with van der Waals surface area (Å²) in [6.45, 7) is 2.92. The number of piperazine rings is 1. The van der Waals surface area contributed by atoms with Gasteiger partial charge in [-0.05, 0) is 37.4 Å². The number of anilines is 2. The Morgan fingerprint density at radius 1 is 1.11 bits per heavy atom. The Bertz CT molecular complexity index is 1290. The van der Waals surface area contributed by atoms with Crippen molar-refractivity contribution in [1.29, 1.82) is 0 Å². The van der Waals surface area contributed by atoms with Crippen LogP contribution in [0, 0.1) is 11.8 Å². The second-order valence-electron chi connectivity index (χ2n) is 10.7. The summed E-state index contributed by atoms with van der Waals surface area (Å²) < 4.78 is 0. The van der Waals surface area contributed by atoms with Crippen LogP contribution in [0.3, 0.4) is 0 Å². The number of aliphatic hydroxyl groups excluding tert-OH is 2. The number of amides is 1. The van der Waals surface area contributed by atoms with Gasteiger partial charge in [0.2, 0.25) is 5.78 Å².